The summed E-state index contributed by atoms with van der Waals surface area (Å²) in [6.45, 7) is 4.92. The van der Waals surface area contributed by atoms with Crippen LogP contribution in [0.2, 0.25) is 0 Å². The van der Waals surface area contributed by atoms with Gasteiger partial charge in [-0.25, -0.2) is 14.6 Å². The number of ether oxygens (including phenoxy) is 1. The lowest BCUT2D eigenvalue weighted by Crippen LogP contribution is -2.43. The van der Waals surface area contributed by atoms with Crippen molar-refractivity contribution in [2.45, 2.75) is 38.3 Å². The Hall–Kier alpha value is -4.75. The fraction of sp³-hybridized carbons (Fsp3) is 0.323. The zero-order chi connectivity index (χ0) is 29.1. The standard InChI is InChI=1S/C31H34N8O2/c1-31(2,37(3)4)17-22(18-32)30(40)38-16-8-9-23(19-38)39-29-26(28(33)34-20-35-29)27(36-39)21-12-14-25(15-13-21)41-24-10-6-5-7-11-24/h5-7,10-15,17,20,23H,8-9,16,19H2,1-4H3,(H2,33,34,35)/b22-17+. The lowest BCUT2D eigenvalue weighted by atomic mass is 9.98. The molecule has 2 aromatic heterocycles. The predicted octanol–water partition coefficient (Wildman–Crippen LogP) is 4.82. The summed E-state index contributed by atoms with van der Waals surface area (Å²) in [5.74, 6) is 1.52. The first-order valence-electron chi connectivity index (χ1n) is 13.6. The lowest BCUT2D eigenvalue weighted by Gasteiger charge is -2.34. The second kappa shape index (κ2) is 11.4. The maximum Gasteiger partial charge on any atom is 0.264 e. The van der Waals surface area contributed by atoms with E-state index in [1.807, 2.05) is 92.1 Å². The average Bonchev–Trinajstić information content (AvgIpc) is 3.37. The Labute approximate surface area is 239 Å². The van der Waals surface area contributed by atoms with E-state index in [1.54, 1.807) is 11.0 Å². The molecule has 41 heavy (non-hydrogen) atoms. The molecule has 2 N–H and O–H groups in total. The van der Waals surface area contributed by atoms with Crippen LogP contribution in [0.15, 0.2) is 72.6 Å². The molecule has 1 unspecified atom stereocenters. The van der Waals surface area contributed by atoms with Gasteiger partial charge >= 0.3 is 0 Å². The number of benzene rings is 2. The van der Waals surface area contributed by atoms with Crippen LogP contribution in [0.3, 0.4) is 0 Å². The van der Waals surface area contributed by atoms with E-state index in [2.05, 4.69) is 16.0 Å². The Kier molecular flexibility index (Phi) is 7.72. The van der Waals surface area contributed by atoms with Crippen molar-refractivity contribution in [3.8, 4) is 28.8 Å². The number of amides is 1. The molecular formula is C31H34N8O2. The van der Waals surface area contributed by atoms with Gasteiger partial charge < -0.3 is 20.3 Å². The average molecular weight is 551 g/mol. The lowest BCUT2D eigenvalue weighted by molar-refractivity contribution is -0.128. The molecule has 0 aliphatic carbocycles. The van der Waals surface area contributed by atoms with Gasteiger partial charge in [0.25, 0.3) is 5.91 Å². The van der Waals surface area contributed by atoms with Gasteiger partial charge in [-0.1, -0.05) is 18.2 Å². The predicted molar refractivity (Wildman–Crippen MR) is 158 cm³/mol. The van der Waals surface area contributed by atoms with Crippen molar-refractivity contribution < 1.29 is 9.53 Å². The Balaban J connectivity index is 1.44. The third-order valence-electron chi connectivity index (χ3n) is 7.66. The highest BCUT2D eigenvalue weighted by Gasteiger charge is 2.31. The van der Waals surface area contributed by atoms with Crippen LogP contribution in [0.25, 0.3) is 22.3 Å². The quantitative estimate of drug-likeness (QED) is 0.256. The smallest absolute Gasteiger partial charge is 0.264 e. The van der Waals surface area contributed by atoms with Crippen LogP contribution < -0.4 is 10.5 Å². The number of nitrogens with two attached hydrogens (primary N) is 1. The minimum atomic E-state index is -0.445. The van der Waals surface area contributed by atoms with Crippen molar-refractivity contribution in [2.75, 3.05) is 32.9 Å². The second-order valence-corrected chi connectivity index (χ2v) is 11.0. The summed E-state index contributed by atoms with van der Waals surface area (Å²) in [7, 11) is 3.84. The van der Waals surface area contributed by atoms with E-state index in [0.717, 1.165) is 24.2 Å². The van der Waals surface area contributed by atoms with Gasteiger partial charge in [0.05, 0.1) is 11.4 Å². The van der Waals surface area contributed by atoms with Crippen molar-refractivity contribution in [2.24, 2.45) is 0 Å². The van der Waals surface area contributed by atoms with Gasteiger partial charge in [-0.15, -0.1) is 0 Å². The molecule has 0 radical (unpaired) electrons. The zero-order valence-corrected chi connectivity index (χ0v) is 23.8. The number of anilines is 1. The first-order chi connectivity index (χ1) is 19.7. The minimum absolute atomic E-state index is 0.138. The summed E-state index contributed by atoms with van der Waals surface area (Å²) in [5, 5.41) is 15.4. The third-order valence-corrected chi connectivity index (χ3v) is 7.66. The highest BCUT2D eigenvalue weighted by Crippen LogP contribution is 2.35. The Morgan fingerprint density at radius 1 is 1.12 bits per heavy atom. The van der Waals surface area contributed by atoms with Gasteiger partial charge in [0, 0.05) is 24.2 Å². The molecule has 0 saturated carbocycles. The van der Waals surface area contributed by atoms with E-state index in [4.69, 9.17) is 15.6 Å². The van der Waals surface area contributed by atoms with Crippen molar-refractivity contribution >= 4 is 22.8 Å². The number of rotatable bonds is 7. The highest BCUT2D eigenvalue weighted by molar-refractivity contribution is 5.99. The van der Waals surface area contributed by atoms with Crippen LogP contribution in [-0.4, -0.2) is 68.2 Å². The highest BCUT2D eigenvalue weighted by atomic mass is 16.5. The number of hydrogen-bond acceptors (Lipinski definition) is 8. The molecule has 1 saturated heterocycles. The molecule has 0 bridgehead atoms. The summed E-state index contributed by atoms with van der Waals surface area (Å²) in [5.41, 5.74) is 8.16. The van der Waals surface area contributed by atoms with Gasteiger partial charge in [0.2, 0.25) is 0 Å². The maximum absolute atomic E-state index is 13.4. The van der Waals surface area contributed by atoms with Gasteiger partial charge in [0.15, 0.2) is 5.65 Å². The van der Waals surface area contributed by atoms with E-state index in [1.165, 1.54) is 6.33 Å². The first kappa shape index (κ1) is 27.8. The van der Waals surface area contributed by atoms with Crippen molar-refractivity contribution in [1.82, 2.24) is 29.5 Å². The molecule has 10 heteroatoms. The number of nitriles is 1. The molecule has 0 spiro atoms. The maximum atomic E-state index is 13.4. The van der Waals surface area contributed by atoms with Crippen molar-refractivity contribution in [1.29, 1.82) is 5.26 Å². The molecule has 1 aliphatic heterocycles. The van der Waals surface area contributed by atoms with E-state index >= 15 is 0 Å². The molecule has 5 rings (SSSR count). The number of aromatic nitrogens is 4. The van der Waals surface area contributed by atoms with E-state index in [-0.39, 0.29) is 17.5 Å². The number of nitrogens with zero attached hydrogens (tertiary/aromatic N) is 7. The molecule has 1 fully saturated rings. The Bertz CT molecular complexity index is 1620. The largest absolute Gasteiger partial charge is 0.457 e. The van der Waals surface area contributed by atoms with Gasteiger partial charge in [0.1, 0.15) is 41.0 Å². The molecule has 4 aromatic rings. The van der Waals surface area contributed by atoms with E-state index in [9.17, 15) is 10.1 Å². The number of piperidine rings is 1. The van der Waals surface area contributed by atoms with Crippen molar-refractivity contribution in [3.63, 3.8) is 0 Å². The summed E-state index contributed by atoms with van der Waals surface area (Å²) in [6, 6.07) is 19.2. The molecule has 210 valence electrons. The SMILES string of the molecule is CN(C)C(C)(C)/C=C(\C#N)C(=O)N1CCCC(n2nc(-c3ccc(Oc4ccccc4)cc3)c3c(N)ncnc32)C1. The van der Waals surface area contributed by atoms with Gasteiger partial charge in [-0.3, -0.25) is 4.79 Å². The van der Waals surface area contributed by atoms with Crippen LogP contribution in [0.4, 0.5) is 5.82 Å². The normalized spacial score (nSPS) is 16.1. The number of fused-ring (bicyclic) bond motifs is 1. The molecule has 1 atom stereocenters. The summed E-state index contributed by atoms with van der Waals surface area (Å²) in [4.78, 5) is 25.9. The number of nitrogen functional groups attached to an aromatic ring is 1. The third kappa shape index (κ3) is 5.76. The van der Waals surface area contributed by atoms with E-state index in [0.29, 0.717) is 41.4 Å². The van der Waals surface area contributed by atoms with Gasteiger partial charge in [-0.2, -0.15) is 10.4 Å². The number of hydrogen-bond donors (Lipinski definition) is 1. The van der Waals surface area contributed by atoms with Gasteiger partial charge in [-0.05, 0) is 83.3 Å². The van der Waals surface area contributed by atoms with Crippen molar-refractivity contribution in [3.05, 3.63) is 72.6 Å². The minimum Gasteiger partial charge on any atom is -0.457 e. The monoisotopic (exact) mass is 550 g/mol. The fourth-order valence-corrected chi connectivity index (χ4v) is 4.89. The number of likely N-dealkylation sites (N-methyl/N-ethyl adjacent to an activating group) is 1. The number of carbonyl (C=O) groups is 1. The summed E-state index contributed by atoms with van der Waals surface area (Å²) < 4.78 is 7.80. The molecule has 2 aromatic carbocycles. The molecule has 1 amide bonds. The molecule has 10 nitrogen and oxygen atoms in total. The second-order valence-electron chi connectivity index (χ2n) is 11.0. The first-order valence-corrected chi connectivity index (χ1v) is 13.6. The Morgan fingerprint density at radius 2 is 1.83 bits per heavy atom. The molecule has 3 heterocycles. The zero-order valence-electron chi connectivity index (χ0n) is 23.8. The number of likely N-dealkylation sites (tertiary alicyclic amines) is 1. The van der Waals surface area contributed by atoms with Crippen LogP contribution in [0, 0.1) is 11.3 Å². The molecular weight excluding hydrogens is 516 g/mol. The summed E-state index contributed by atoms with van der Waals surface area (Å²) >= 11 is 0. The fourth-order valence-electron chi connectivity index (χ4n) is 4.89. The number of para-hydroxylation sites is 1. The van der Waals surface area contributed by atoms with Crippen LogP contribution in [0.5, 0.6) is 11.5 Å². The van der Waals surface area contributed by atoms with Crippen LogP contribution >= 0.6 is 0 Å². The number of carbonyl (C=O) groups excluding carboxylic acids is 1. The summed E-state index contributed by atoms with van der Waals surface area (Å²) in [6.07, 6.45) is 4.75. The topological polar surface area (TPSA) is 126 Å². The molecule has 1 aliphatic rings. The van der Waals surface area contributed by atoms with E-state index < -0.39 is 5.54 Å². The Morgan fingerprint density at radius 3 is 2.51 bits per heavy atom. The van der Waals surface area contributed by atoms with Crippen LogP contribution in [0.1, 0.15) is 32.7 Å². The van der Waals surface area contributed by atoms with Crippen LogP contribution in [-0.2, 0) is 4.79 Å².